The van der Waals surface area contributed by atoms with Crippen molar-refractivity contribution >= 4 is 62.1 Å². The Morgan fingerprint density at radius 1 is 1.43 bits per heavy atom. The van der Waals surface area contributed by atoms with Crippen molar-refractivity contribution in [3.63, 3.8) is 0 Å². The number of thiophene rings is 1. The van der Waals surface area contributed by atoms with Crippen LogP contribution in [0.4, 0.5) is 0 Å². The minimum Gasteiger partial charge on any atom is -0.298 e. The van der Waals surface area contributed by atoms with Crippen LogP contribution >= 0.6 is 45.7 Å². The lowest BCUT2D eigenvalue weighted by Gasteiger charge is -1.99. The molecule has 1 aromatic heterocycles. The molecule has 0 fully saturated rings. The number of benzene rings is 1. The summed E-state index contributed by atoms with van der Waals surface area (Å²) in [5.74, 6) is 0. The maximum absolute atomic E-state index is 10.7. The average molecular weight is 334 g/mol. The zero-order chi connectivity index (χ0) is 10.1. The molecule has 0 amide bonds. The van der Waals surface area contributed by atoms with Crippen LogP contribution < -0.4 is 0 Å². The van der Waals surface area contributed by atoms with Gasteiger partial charge in [-0.25, -0.2) is 0 Å². The van der Waals surface area contributed by atoms with Crippen molar-refractivity contribution in [2.75, 3.05) is 6.26 Å². The van der Waals surface area contributed by atoms with Gasteiger partial charge in [-0.1, -0.05) is 0 Å². The first-order valence-electron chi connectivity index (χ1n) is 3.97. The molecule has 0 aliphatic rings. The van der Waals surface area contributed by atoms with Gasteiger partial charge in [-0.2, -0.15) is 0 Å². The number of halogens is 1. The highest BCUT2D eigenvalue weighted by Gasteiger charge is 2.06. The third kappa shape index (κ3) is 1.83. The quantitative estimate of drug-likeness (QED) is 0.468. The maximum atomic E-state index is 10.7. The summed E-state index contributed by atoms with van der Waals surface area (Å²) in [6, 6.07) is 6.01. The minimum atomic E-state index is 0.760. The smallest absolute Gasteiger partial charge is 0.150 e. The number of carbonyl (C=O) groups excluding carboxylic acids is 1. The normalized spacial score (nSPS) is 10.7. The summed E-state index contributed by atoms with van der Waals surface area (Å²) < 4.78 is 2.54. The summed E-state index contributed by atoms with van der Waals surface area (Å²) in [5.41, 5.74) is 0.760. The van der Waals surface area contributed by atoms with E-state index in [-0.39, 0.29) is 0 Å². The van der Waals surface area contributed by atoms with Crippen molar-refractivity contribution in [3.8, 4) is 0 Å². The van der Waals surface area contributed by atoms with Crippen LogP contribution in [0.15, 0.2) is 23.1 Å². The number of hydrogen-bond donors (Lipinski definition) is 0. The number of rotatable bonds is 2. The van der Waals surface area contributed by atoms with Crippen molar-refractivity contribution in [1.29, 1.82) is 0 Å². The van der Waals surface area contributed by atoms with Crippen molar-refractivity contribution in [1.82, 2.24) is 0 Å². The largest absolute Gasteiger partial charge is 0.298 e. The second-order valence-corrected chi connectivity index (χ2v) is 6.60. The minimum absolute atomic E-state index is 0.760. The van der Waals surface area contributed by atoms with E-state index in [1.165, 1.54) is 17.9 Å². The molecule has 1 nitrogen and oxygen atoms in total. The molecule has 0 radical (unpaired) electrons. The Kier molecular flexibility index (Phi) is 3.14. The number of aldehydes is 1. The van der Waals surface area contributed by atoms with Crippen LogP contribution in [0, 0.1) is 2.88 Å². The highest BCUT2D eigenvalue weighted by molar-refractivity contribution is 14.1. The van der Waals surface area contributed by atoms with Crippen LogP contribution in [0.5, 0.6) is 0 Å². The van der Waals surface area contributed by atoms with Gasteiger partial charge < -0.3 is 0 Å². The molecule has 0 bridgehead atoms. The van der Waals surface area contributed by atoms with Crippen LogP contribution in [0.2, 0.25) is 0 Å². The third-order valence-corrected chi connectivity index (χ3v) is 4.77. The fraction of sp³-hybridized carbons (Fsp3) is 0.100. The van der Waals surface area contributed by atoms with E-state index in [0.29, 0.717) is 0 Å². The summed E-state index contributed by atoms with van der Waals surface area (Å²) in [6.07, 6.45) is 2.94. The monoisotopic (exact) mass is 334 g/mol. The van der Waals surface area contributed by atoms with Crippen LogP contribution in [0.3, 0.4) is 0 Å². The zero-order valence-corrected chi connectivity index (χ0v) is 11.2. The Morgan fingerprint density at radius 3 is 2.86 bits per heavy atom. The first kappa shape index (κ1) is 10.4. The fourth-order valence-corrected chi connectivity index (χ4v) is 4.04. The van der Waals surface area contributed by atoms with Gasteiger partial charge in [0.15, 0.2) is 0 Å². The summed E-state index contributed by atoms with van der Waals surface area (Å²) in [7, 11) is 0. The molecule has 14 heavy (non-hydrogen) atoms. The van der Waals surface area contributed by atoms with E-state index in [2.05, 4.69) is 28.7 Å². The highest BCUT2D eigenvalue weighted by Crippen LogP contribution is 2.34. The molecule has 0 aliphatic heterocycles. The Labute approximate surface area is 104 Å². The second-order valence-electron chi connectivity index (χ2n) is 2.81. The van der Waals surface area contributed by atoms with Gasteiger partial charge >= 0.3 is 0 Å². The predicted molar refractivity (Wildman–Crippen MR) is 71.7 cm³/mol. The van der Waals surface area contributed by atoms with E-state index in [1.54, 1.807) is 23.1 Å². The van der Waals surface area contributed by atoms with Gasteiger partial charge in [-0.3, -0.25) is 4.79 Å². The molecule has 72 valence electrons. The predicted octanol–water partition coefficient (Wildman–Crippen LogP) is 4.04. The van der Waals surface area contributed by atoms with Crippen molar-refractivity contribution in [3.05, 3.63) is 26.6 Å². The highest BCUT2D eigenvalue weighted by atomic mass is 127. The molecule has 2 rings (SSSR count). The standard InChI is InChI=1S/C10H7IOS2/c1-13-8-3-6(5-12)2-7-4-9(11)14-10(7)8/h2-5H,1H3. The molecule has 1 aromatic carbocycles. The number of thioether (sulfide) groups is 1. The van der Waals surface area contributed by atoms with E-state index in [9.17, 15) is 4.79 Å². The Bertz CT molecular complexity index is 490. The molecule has 0 N–H and O–H groups in total. The van der Waals surface area contributed by atoms with Gasteiger partial charge in [0.2, 0.25) is 0 Å². The fourth-order valence-electron chi connectivity index (χ4n) is 1.33. The first-order chi connectivity index (χ1) is 6.74. The van der Waals surface area contributed by atoms with E-state index >= 15 is 0 Å². The molecule has 0 aliphatic carbocycles. The molecule has 0 saturated carbocycles. The summed E-state index contributed by atoms with van der Waals surface area (Å²) in [4.78, 5) is 11.9. The molecule has 0 atom stereocenters. The van der Waals surface area contributed by atoms with Crippen molar-refractivity contribution in [2.24, 2.45) is 0 Å². The van der Waals surface area contributed by atoms with Gasteiger partial charge in [0, 0.05) is 15.2 Å². The van der Waals surface area contributed by atoms with Gasteiger partial charge in [0.25, 0.3) is 0 Å². The SMILES string of the molecule is CSc1cc(C=O)cc2cc(I)sc12. The zero-order valence-electron chi connectivity index (χ0n) is 7.41. The third-order valence-electron chi connectivity index (χ3n) is 1.93. The Morgan fingerprint density at radius 2 is 2.21 bits per heavy atom. The molecule has 2 aromatic rings. The van der Waals surface area contributed by atoms with Gasteiger partial charge in [-0.05, 0) is 52.4 Å². The lowest BCUT2D eigenvalue weighted by atomic mass is 10.2. The lowest BCUT2D eigenvalue weighted by Crippen LogP contribution is -1.80. The van der Waals surface area contributed by atoms with E-state index in [4.69, 9.17) is 0 Å². The van der Waals surface area contributed by atoms with Gasteiger partial charge in [0.1, 0.15) is 6.29 Å². The lowest BCUT2D eigenvalue weighted by molar-refractivity contribution is 0.112. The van der Waals surface area contributed by atoms with Gasteiger partial charge in [0.05, 0.1) is 2.88 Å². The van der Waals surface area contributed by atoms with Crippen LogP contribution in [-0.2, 0) is 0 Å². The molecular formula is C10H7IOS2. The molecule has 0 saturated heterocycles. The van der Waals surface area contributed by atoms with E-state index < -0.39 is 0 Å². The Hall–Kier alpha value is -0.0700. The van der Waals surface area contributed by atoms with Crippen molar-refractivity contribution in [2.45, 2.75) is 4.90 Å². The number of hydrogen-bond acceptors (Lipinski definition) is 3. The first-order valence-corrected chi connectivity index (χ1v) is 7.09. The summed E-state index contributed by atoms with van der Waals surface area (Å²) in [5, 5.41) is 1.17. The summed E-state index contributed by atoms with van der Waals surface area (Å²) in [6.45, 7) is 0. The van der Waals surface area contributed by atoms with Crippen molar-refractivity contribution < 1.29 is 4.79 Å². The molecule has 1 heterocycles. The van der Waals surface area contributed by atoms with Crippen LogP contribution in [-0.4, -0.2) is 12.5 Å². The van der Waals surface area contributed by atoms with E-state index in [0.717, 1.165) is 11.8 Å². The average Bonchev–Trinajstić information content (AvgIpc) is 2.56. The van der Waals surface area contributed by atoms with Crippen LogP contribution in [0.1, 0.15) is 10.4 Å². The molecule has 0 spiro atoms. The van der Waals surface area contributed by atoms with E-state index in [1.807, 2.05) is 18.4 Å². The topological polar surface area (TPSA) is 17.1 Å². The Balaban J connectivity index is 2.78. The molecule has 0 unspecified atom stereocenters. The summed E-state index contributed by atoms with van der Waals surface area (Å²) >= 11 is 5.77. The van der Waals surface area contributed by atoms with Gasteiger partial charge in [-0.15, -0.1) is 23.1 Å². The molecule has 4 heteroatoms. The second kappa shape index (κ2) is 4.20. The molecular weight excluding hydrogens is 327 g/mol. The maximum Gasteiger partial charge on any atom is 0.150 e. The number of carbonyl (C=O) groups is 1. The van der Waals surface area contributed by atoms with Crippen LogP contribution in [0.25, 0.3) is 10.1 Å². The number of fused-ring (bicyclic) bond motifs is 1.